The van der Waals surface area contributed by atoms with Gasteiger partial charge in [0, 0.05) is 33.6 Å². The first-order valence-corrected chi connectivity index (χ1v) is 13.0. The topological polar surface area (TPSA) is 113 Å². The minimum absolute atomic E-state index is 0.0381. The molecule has 8 nitrogen and oxygen atoms in total. The molecule has 5 aromatic rings. The second-order valence-electron chi connectivity index (χ2n) is 8.09. The molecular formula is C22H12F6N2O6S2. The first kappa shape index (κ1) is 23.5. The Morgan fingerprint density at radius 2 is 1.29 bits per heavy atom. The monoisotopic (exact) mass is 580 g/mol. The molecule has 5 rings (SSSR count). The van der Waals surface area contributed by atoms with Crippen LogP contribution < -0.4 is 8.37 Å². The molecule has 3 aromatic carbocycles. The highest BCUT2D eigenvalue weighted by Gasteiger charge is 2.49. The summed E-state index contributed by atoms with van der Waals surface area (Å²) < 4.78 is 150. The van der Waals surface area contributed by atoms with Crippen molar-refractivity contribution in [1.82, 2.24) is 9.97 Å². The Morgan fingerprint density at radius 1 is 0.763 bits per heavy atom. The molecule has 0 radical (unpaired) electrons. The first-order valence-electron chi connectivity index (χ1n) is 11.2. The Hall–Kier alpha value is -3.66. The Labute approximate surface area is 212 Å². The fourth-order valence-corrected chi connectivity index (χ4v) is 4.74. The van der Waals surface area contributed by atoms with Gasteiger partial charge in [-0.2, -0.15) is 43.2 Å². The fraction of sp³-hybridized carbons (Fsp3) is 0.182. The van der Waals surface area contributed by atoms with Crippen LogP contribution in [-0.4, -0.2) is 37.8 Å². The molecule has 0 saturated carbocycles. The number of aryl methyl sites for hydroxylation is 2. The van der Waals surface area contributed by atoms with Crippen LogP contribution >= 0.6 is 0 Å². The Morgan fingerprint density at radius 3 is 1.84 bits per heavy atom. The normalized spacial score (nSPS) is 14.4. The average Bonchev–Trinajstić information content (AvgIpc) is 2.82. The van der Waals surface area contributed by atoms with Crippen molar-refractivity contribution in [1.29, 1.82) is 0 Å². The third kappa shape index (κ3) is 3.89. The molecule has 0 unspecified atom stereocenters. The van der Waals surface area contributed by atoms with Gasteiger partial charge >= 0.3 is 31.3 Å². The maximum Gasteiger partial charge on any atom is 0.534 e. The maximum atomic E-state index is 13.1. The van der Waals surface area contributed by atoms with Crippen LogP contribution in [0.25, 0.3) is 43.4 Å². The summed E-state index contributed by atoms with van der Waals surface area (Å²) in [5.74, 6) is -2.38. The van der Waals surface area contributed by atoms with E-state index in [1.807, 2.05) is 0 Å². The minimum atomic E-state index is -6.23. The molecule has 16 heteroatoms. The van der Waals surface area contributed by atoms with E-state index in [2.05, 4.69) is 18.3 Å². The molecule has 2 heterocycles. The molecule has 200 valence electrons. The zero-order valence-electron chi connectivity index (χ0n) is 20.7. The van der Waals surface area contributed by atoms with Gasteiger partial charge in [0.2, 0.25) is 11.8 Å². The van der Waals surface area contributed by atoms with E-state index in [4.69, 9.17) is 2.74 Å². The van der Waals surface area contributed by atoms with Crippen LogP contribution in [0.15, 0.2) is 36.4 Å². The van der Waals surface area contributed by atoms with Crippen LogP contribution in [0, 0.1) is 13.8 Å². The van der Waals surface area contributed by atoms with Crippen molar-refractivity contribution in [3.05, 3.63) is 47.5 Å². The summed E-state index contributed by atoms with van der Waals surface area (Å²) in [5, 5.41) is -0.0481. The summed E-state index contributed by atoms with van der Waals surface area (Å²) in [4.78, 5) is 7.83. The number of aromatic nitrogens is 2. The lowest BCUT2D eigenvalue weighted by Gasteiger charge is -2.18. The van der Waals surface area contributed by atoms with Crippen LogP contribution in [0.5, 0.6) is 11.8 Å². The van der Waals surface area contributed by atoms with Gasteiger partial charge in [0.1, 0.15) is 0 Å². The van der Waals surface area contributed by atoms with Crippen LogP contribution in [-0.2, 0) is 20.2 Å². The zero-order valence-corrected chi connectivity index (χ0v) is 20.4. The molecule has 0 amide bonds. The summed E-state index contributed by atoms with van der Waals surface area (Å²) in [6, 6.07) is 3.68. The lowest BCUT2D eigenvalue weighted by molar-refractivity contribution is -0.0506. The Bertz CT molecular complexity index is 2120. The molecule has 0 aliphatic heterocycles. The number of hydrogen-bond acceptors (Lipinski definition) is 8. The number of hydrogen-bond donors (Lipinski definition) is 0. The van der Waals surface area contributed by atoms with Gasteiger partial charge in [-0.05, 0) is 41.8 Å². The SMILES string of the molecule is [2H]c1c(OS(=O)(=O)C(F)(F)F)nc2c3cc(C)c(C)c4c([2H])c(OS(=O)(=O)C(F)(F)F)nc(c5cccc1c52)c43. The van der Waals surface area contributed by atoms with Gasteiger partial charge in [-0.15, -0.1) is 0 Å². The van der Waals surface area contributed by atoms with Gasteiger partial charge in [0.05, 0.1) is 13.8 Å². The molecule has 0 spiro atoms. The summed E-state index contributed by atoms with van der Waals surface area (Å²) in [6.07, 6.45) is 0. The molecule has 0 aliphatic carbocycles. The third-order valence-electron chi connectivity index (χ3n) is 5.74. The highest BCUT2D eigenvalue weighted by molar-refractivity contribution is 7.88. The molecule has 0 bridgehead atoms. The van der Waals surface area contributed by atoms with Crippen LogP contribution in [0.3, 0.4) is 0 Å². The largest absolute Gasteiger partial charge is 0.534 e. The van der Waals surface area contributed by atoms with E-state index in [1.54, 1.807) is 0 Å². The lowest BCUT2D eigenvalue weighted by atomic mass is 9.91. The van der Waals surface area contributed by atoms with Crippen molar-refractivity contribution in [3.63, 3.8) is 0 Å². The highest BCUT2D eigenvalue weighted by atomic mass is 32.2. The number of pyridine rings is 2. The zero-order chi connectivity index (χ0) is 29.7. The van der Waals surface area contributed by atoms with E-state index in [9.17, 15) is 43.2 Å². The van der Waals surface area contributed by atoms with Crippen molar-refractivity contribution in [2.45, 2.75) is 24.9 Å². The van der Waals surface area contributed by atoms with Crippen molar-refractivity contribution in [2.24, 2.45) is 0 Å². The minimum Gasteiger partial charge on any atom is -0.355 e. The summed E-state index contributed by atoms with van der Waals surface area (Å²) in [5.41, 5.74) is -11.3. The molecule has 0 fully saturated rings. The summed E-state index contributed by atoms with van der Waals surface area (Å²) >= 11 is 0. The highest BCUT2D eigenvalue weighted by Crippen LogP contribution is 2.43. The molecular weight excluding hydrogens is 566 g/mol. The predicted octanol–water partition coefficient (Wildman–Crippen LogP) is 5.60. The predicted molar refractivity (Wildman–Crippen MR) is 124 cm³/mol. The molecule has 2 aromatic heterocycles. The number of rotatable bonds is 4. The van der Waals surface area contributed by atoms with Crippen molar-refractivity contribution in [3.8, 4) is 11.8 Å². The van der Waals surface area contributed by atoms with Crippen LogP contribution in [0.1, 0.15) is 13.9 Å². The molecule has 0 atom stereocenters. The molecule has 0 saturated heterocycles. The maximum absolute atomic E-state index is 13.1. The van der Waals surface area contributed by atoms with E-state index >= 15 is 0 Å². The Balaban J connectivity index is 1.97. The van der Waals surface area contributed by atoms with Gasteiger partial charge in [-0.1, -0.05) is 18.2 Å². The third-order valence-corrected chi connectivity index (χ3v) is 7.63. The number of benzene rings is 3. The second kappa shape index (κ2) is 7.92. The number of nitrogens with zero attached hydrogens (tertiary/aromatic N) is 2. The number of fused-ring (bicyclic) bond motifs is 2. The Kier molecular flexibility index (Phi) is 4.89. The average molecular weight is 580 g/mol. The quantitative estimate of drug-likeness (QED) is 0.0888. The molecule has 0 N–H and O–H groups in total. The fourth-order valence-electron chi connectivity index (χ4n) is 3.98. The van der Waals surface area contributed by atoms with Crippen molar-refractivity contribution < 1.29 is 54.3 Å². The van der Waals surface area contributed by atoms with Gasteiger partial charge < -0.3 is 8.37 Å². The lowest BCUT2D eigenvalue weighted by Crippen LogP contribution is -2.28. The van der Waals surface area contributed by atoms with Crippen molar-refractivity contribution >= 4 is 63.6 Å². The van der Waals surface area contributed by atoms with Crippen LogP contribution in [0.2, 0.25) is 0 Å². The van der Waals surface area contributed by atoms with E-state index in [0.29, 0.717) is 11.1 Å². The van der Waals surface area contributed by atoms with E-state index in [0.717, 1.165) is 0 Å². The van der Waals surface area contributed by atoms with E-state index < -0.39 is 55.1 Å². The standard InChI is InChI=1S/C22H12F6N2O6S2/c1-9-6-14-18-13(10(9)2)8-16(36-38(33,34)22(26,27)28)30-19(18)12-5-3-4-11-7-15(29-20(14)17(11)12)35-37(31,32)21(23,24)25/h3-8H,1-2H3/i7D,8D. The van der Waals surface area contributed by atoms with E-state index in [-0.39, 0.29) is 43.4 Å². The molecule has 0 aliphatic rings. The second-order valence-corrected chi connectivity index (χ2v) is 11.2. The smallest absolute Gasteiger partial charge is 0.355 e. The van der Waals surface area contributed by atoms with Gasteiger partial charge in [-0.25, -0.2) is 9.97 Å². The van der Waals surface area contributed by atoms with Gasteiger partial charge in [-0.3, -0.25) is 0 Å². The number of halogens is 6. The number of alkyl halides is 6. The molecule has 38 heavy (non-hydrogen) atoms. The van der Waals surface area contributed by atoms with Crippen LogP contribution in [0.4, 0.5) is 26.3 Å². The van der Waals surface area contributed by atoms with Gasteiger partial charge in [0.15, 0.2) is 0 Å². The first-order chi connectivity index (χ1) is 18.3. The summed E-state index contributed by atoms with van der Waals surface area (Å²) in [7, 11) is -12.4. The summed E-state index contributed by atoms with van der Waals surface area (Å²) in [6.45, 7) is 3.01. The van der Waals surface area contributed by atoms with E-state index in [1.165, 1.54) is 38.1 Å². The van der Waals surface area contributed by atoms with Crippen molar-refractivity contribution in [2.75, 3.05) is 0 Å². The van der Waals surface area contributed by atoms with Gasteiger partial charge in [0.25, 0.3) is 0 Å².